The highest BCUT2D eigenvalue weighted by molar-refractivity contribution is 5.96. The van der Waals surface area contributed by atoms with Gasteiger partial charge in [0.2, 0.25) is 0 Å². The number of hydrogen-bond donors (Lipinski definition) is 0. The van der Waals surface area contributed by atoms with Gasteiger partial charge in [0.15, 0.2) is 5.78 Å². The summed E-state index contributed by atoms with van der Waals surface area (Å²) in [5, 5.41) is 0. The molecule has 0 bridgehead atoms. The molecule has 0 heterocycles. The second-order valence-electron chi connectivity index (χ2n) is 2.41. The summed E-state index contributed by atoms with van der Waals surface area (Å²) in [6.07, 6.45) is 5.68. The van der Waals surface area contributed by atoms with E-state index in [0.29, 0.717) is 5.57 Å². The highest BCUT2D eigenvalue weighted by Crippen LogP contribution is 2.07. The number of Topliss-reactive ketones (excluding diaryl/α,β-unsaturated/α-hetero) is 1. The van der Waals surface area contributed by atoms with Crippen LogP contribution in [0.15, 0.2) is 36.0 Å². The van der Waals surface area contributed by atoms with Gasteiger partial charge < -0.3 is 0 Å². The molecule has 1 nitrogen and oxygen atoms in total. The molecule has 0 unspecified atom stereocenters. The molecule has 0 aliphatic carbocycles. The molecule has 11 heavy (non-hydrogen) atoms. The highest BCUT2D eigenvalue weighted by atomic mass is 16.1. The molecule has 0 aliphatic heterocycles. The third-order valence-electron chi connectivity index (χ3n) is 1.44. The molecule has 0 radical (unpaired) electrons. The van der Waals surface area contributed by atoms with Crippen LogP contribution in [0.2, 0.25) is 0 Å². The number of carbonyl (C=O) groups excluding carboxylic acids is 1. The fourth-order valence-corrected chi connectivity index (χ4v) is 0.619. The Hall–Kier alpha value is -1.11. The van der Waals surface area contributed by atoms with Gasteiger partial charge in [0, 0.05) is 5.57 Å². The second kappa shape index (κ2) is 4.67. The second-order valence-corrected chi connectivity index (χ2v) is 2.41. The molecular formula is C10H14O. The summed E-state index contributed by atoms with van der Waals surface area (Å²) in [6.45, 7) is 8.99. The zero-order chi connectivity index (χ0) is 8.85. The largest absolute Gasteiger partial charge is 0.295 e. The first-order valence-electron chi connectivity index (χ1n) is 3.59. The molecule has 0 aliphatic rings. The molecule has 0 aromatic heterocycles. The van der Waals surface area contributed by atoms with Crippen molar-refractivity contribution in [2.45, 2.75) is 20.8 Å². The number of rotatable bonds is 3. The van der Waals surface area contributed by atoms with Crippen LogP contribution in [0.1, 0.15) is 20.8 Å². The van der Waals surface area contributed by atoms with Crippen molar-refractivity contribution >= 4 is 5.78 Å². The maximum Gasteiger partial charge on any atom is 0.159 e. The van der Waals surface area contributed by atoms with E-state index in [1.165, 1.54) is 6.92 Å². The van der Waals surface area contributed by atoms with Crippen molar-refractivity contribution in [3.63, 3.8) is 0 Å². The van der Waals surface area contributed by atoms with E-state index in [2.05, 4.69) is 6.58 Å². The van der Waals surface area contributed by atoms with Gasteiger partial charge in [0.05, 0.1) is 0 Å². The molecule has 0 N–H and O–H groups in total. The van der Waals surface area contributed by atoms with Crippen LogP contribution >= 0.6 is 0 Å². The Morgan fingerprint density at radius 1 is 1.36 bits per heavy atom. The Labute approximate surface area is 68.1 Å². The van der Waals surface area contributed by atoms with Crippen LogP contribution in [0.25, 0.3) is 0 Å². The van der Waals surface area contributed by atoms with E-state index in [9.17, 15) is 4.79 Å². The van der Waals surface area contributed by atoms with E-state index in [4.69, 9.17) is 0 Å². The van der Waals surface area contributed by atoms with Crippen molar-refractivity contribution in [3.8, 4) is 0 Å². The van der Waals surface area contributed by atoms with Crippen molar-refractivity contribution in [2.75, 3.05) is 0 Å². The quantitative estimate of drug-likeness (QED) is 0.446. The van der Waals surface area contributed by atoms with Crippen molar-refractivity contribution < 1.29 is 4.79 Å². The van der Waals surface area contributed by atoms with E-state index in [1.54, 1.807) is 0 Å². The molecule has 0 aromatic rings. The van der Waals surface area contributed by atoms with Crippen LogP contribution in [0, 0.1) is 0 Å². The van der Waals surface area contributed by atoms with Crippen molar-refractivity contribution in [1.82, 2.24) is 0 Å². The molecule has 0 saturated carbocycles. The Bertz CT molecular complexity index is 219. The van der Waals surface area contributed by atoms with Crippen molar-refractivity contribution in [1.29, 1.82) is 0 Å². The van der Waals surface area contributed by atoms with Crippen LogP contribution in [-0.2, 0) is 4.79 Å². The maximum atomic E-state index is 10.8. The van der Waals surface area contributed by atoms with Crippen molar-refractivity contribution in [2.24, 2.45) is 0 Å². The Balaban J connectivity index is 4.36. The lowest BCUT2D eigenvalue weighted by atomic mass is 10.1. The molecule has 0 fully saturated rings. The predicted molar refractivity (Wildman–Crippen MR) is 48.4 cm³/mol. The van der Waals surface area contributed by atoms with Gasteiger partial charge >= 0.3 is 0 Å². The van der Waals surface area contributed by atoms with Gasteiger partial charge in [0.25, 0.3) is 0 Å². The average molecular weight is 150 g/mol. The van der Waals surface area contributed by atoms with E-state index in [-0.39, 0.29) is 5.78 Å². The molecule has 0 rings (SSSR count). The van der Waals surface area contributed by atoms with Gasteiger partial charge in [-0.1, -0.05) is 24.8 Å². The van der Waals surface area contributed by atoms with E-state index in [0.717, 1.165) is 5.57 Å². The van der Waals surface area contributed by atoms with Crippen LogP contribution in [0.5, 0.6) is 0 Å². The zero-order valence-electron chi connectivity index (χ0n) is 7.35. The molecule has 1 heteroatoms. The first-order valence-corrected chi connectivity index (χ1v) is 3.59. The number of carbonyl (C=O) groups is 1. The van der Waals surface area contributed by atoms with Gasteiger partial charge in [-0.3, -0.25) is 4.79 Å². The highest BCUT2D eigenvalue weighted by Gasteiger charge is 1.99. The minimum absolute atomic E-state index is 0.0308. The summed E-state index contributed by atoms with van der Waals surface area (Å²) >= 11 is 0. The molecule has 0 saturated heterocycles. The number of ketones is 1. The van der Waals surface area contributed by atoms with Crippen molar-refractivity contribution in [3.05, 3.63) is 36.0 Å². The molecular weight excluding hydrogens is 136 g/mol. The first kappa shape index (κ1) is 9.89. The van der Waals surface area contributed by atoms with E-state index < -0.39 is 0 Å². The Morgan fingerprint density at radius 2 is 1.91 bits per heavy atom. The zero-order valence-corrected chi connectivity index (χ0v) is 7.35. The number of allylic oxidation sites excluding steroid dienone is 5. The summed E-state index contributed by atoms with van der Waals surface area (Å²) in [7, 11) is 0. The minimum atomic E-state index is 0.0308. The van der Waals surface area contributed by atoms with E-state index in [1.807, 2.05) is 32.1 Å². The Morgan fingerprint density at radius 3 is 2.27 bits per heavy atom. The summed E-state index contributed by atoms with van der Waals surface area (Å²) in [6, 6.07) is 0. The summed E-state index contributed by atoms with van der Waals surface area (Å²) in [4.78, 5) is 10.8. The maximum absolute atomic E-state index is 10.8. The molecule has 0 aromatic carbocycles. The lowest BCUT2D eigenvalue weighted by molar-refractivity contribution is -0.113. The third-order valence-corrected chi connectivity index (χ3v) is 1.44. The van der Waals surface area contributed by atoms with Crippen LogP contribution in [-0.4, -0.2) is 5.78 Å². The fourth-order valence-electron chi connectivity index (χ4n) is 0.619. The van der Waals surface area contributed by atoms with Gasteiger partial charge in [0.1, 0.15) is 0 Å². The third kappa shape index (κ3) is 3.56. The lowest BCUT2D eigenvalue weighted by Gasteiger charge is -1.98. The predicted octanol–water partition coefficient (Wildman–Crippen LogP) is 2.65. The number of hydrogen-bond acceptors (Lipinski definition) is 1. The summed E-state index contributed by atoms with van der Waals surface area (Å²) in [5.74, 6) is 0.0308. The SMILES string of the molecule is C=C(C(C)=O)/C(C)=C/C=CC. The summed E-state index contributed by atoms with van der Waals surface area (Å²) in [5.41, 5.74) is 1.51. The van der Waals surface area contributed by atoms with Crippen LogP contribution in [0.4, 0.5) is 0 Å². The normalized spacial score (nSPS) is 12.1. The monoisotopic (exact) mass is 150 g/mol. The van der Waals surface area contributed by atoms with Gasteiger partial charge in [-0.25, -0.2) is 0 Å². The molecule has 0 atom stereocenters. The van der Waals surface area contributed by atoms with Gasteiger partial charge in [-0.15, -0.1) is 0 Å². The smallest absolute Gasteiger partial charge is 0.159 e. The molecule has 0 amide bonds. The average Bonchev–Trinajstić information content (AvgIpc) is 1.98. The Kier molecular flexibility index (Phi) is 4.20. The van der Waals surface area contributed by atoms with Crippen LogP contribution in [0.3, 0.4) is 0 Å². The standard InChI is InChI=1S/C10H14O/c1-5-6-7-8(2)9(3)10(4)11/h5-7H,3H2,1-2,4H3/b6-5?,8-7+. The topological polar surface area (TPSA) is 17.1 Å². The van der Waals surface area contributed by atoms with Gasteiger partial charge in [-0.05, 0) is 26.3 Å². The lowest BCUT2D eigenvalue weighted by Crippen LogP contribution is -1.95. The first-order chi connectivity index (χ1) is 5.09. The van der Waals surface area contributed by atoms with E-state index >= 15 is 0 Å². The molecule has 60 valence electrons. The fraction of sp³-hybridized carbons (Fsp3) is 0.300. The summed E-state index contributed by atoms with van der Waals surface area (Å²) < 4.78 is 0. The van der Waals surface area contributed by atoms with Gasteiger partial charge in [-0.2, -0.15) is 0 Å². The molecule has 0 spiro atoms. The minimum Gasteiger partial charge on any atom is -0.295 e. The van der Waals surface area contributed by atoms with Crippen LogP contribution < -0.4 is 0 Å².